The van der Waals surface area contributed by atoms with Crippen molar-refractivity contribution in [3.05, 3.63) is 0 Å². The van der Waals surface area contributed by atoms with Crippen LogP contribution in [0.5, 0.6) is 0 Å². The number of hydrogen-bond acceptors (Lipinski definition) is 10. The number of ether oxygens (including phenoxy) is 3. The third-order valence-corrected chi connectivity index (χ3v) is 4.21. The van der Waals surface area contributed by atoms with Crippen molar-refractivity contribution < 1.29 is 56.6 Å². The van der Waals surface area contributed by atoms with E-state index in [0.717, 1.165) is 0 Å². The second-order valence-corrected chi connectivity index (χ2v) is 6.87. The summed E-state index contributed by atoms with van der Waals surface area (Å²) in [7, 11) is -4.69. The first kappa shape index (κ1) is 20.4. The van der Waals surface area contributed by atoms with E-state index in [1.165, 1.54) is 0 Å². The molecule has 25 heavy (non-hydrogen) atoms. The average Bonchev–Trinajstić information content (AvgIpc) is 2.48. The summed E-state index contributed by atoms with van der Waals surface area (Å²) >= 11 is 0. The minimum absolute atomic E-state index is 0.00984. The van der Waals surface area contributed by atoms with E-state index in [1.54, 1.807) is 0 Å². The van der Waals surface area contributed by atoms with Crippen LogP contribution in [0, 0.1) is 0 Å². The Morgan fingerprint density at radius 1 is 1.20 bits per heavy atom. The molecule has 0 aromatic carbocycles. The van der Waals surface area contributed by atoms with E-state index >= 15 is 0 Å². The Bertz CT molecular complexity index is 564. The number of rotatable bonds is 6. The molecule has 7 atom stereocenters. The number of hydrogen-bond donors (Lipinski definition) is 5. The second-order valence-electron chi connectivity index (χ2n) is 5.78. The SMILES string of the molecule is O=C(O)C1OCC(O)C(O)C1OC1CC(O)CC(COS(=O)(=O)O)O1. The van der Waals surface area contributed by atoms with Crippen LogP contribution < -0.4 is 0 Å². The Labute approximate surface area is 142 Å². The lowest BCUT2D eigenvalue weighted by Gasteiger charge is -2.40. The molecular weight excluding hydrogens is 368 g/mol. The molecule has 2 saturated heterocycles. The Kier molecular flexibility index (Phi) is 6.69. The number of aliphatic carboxylic acids is 1. The number of carboxylic acids is 1. The maximum absolute atomic E-state index is 11.2. The summed E-state index contributed by atoms with van der Waals surface area (Å²) in [4.78, 5) is 11.2. The molecule has 13 heteroatoms. The topological polar surface area (TPSA) is 189 Å². The fourth-order valence-electron chi connectivity index (χ4n) is 2.64. The summed E-state index contributed by atoms with van der Waals surface area (Å²) in [5.41, 5.74) is 0. The van der Waals surface area contributed by atoms with Crippen molar-refractivity contribution in [2.24, 2.45) is 0 Å². The molecule has 2 heterocycles. The summed E-state index contributed by atoms with van der Waals surface area (Å²) in [6, 6.07) is 0. The Morgan fingerprint density at radius 2 is 1.88 bits per heavy atom. The third kappa shape index (κ3) is 5.80. The molecule has 0 aliphatic carbocycles. The van der Waals surface area contributed by atoms with Gasteiger partial charge in [-0.25, -0.2) is 8.98 Å². The first-order chi connectivity index (χ1) is 11.6. The fourth-order valence-corrected chi connectivity index (χ4v) is 2.96. The summed E-state index contributed by atoms with van der Waals surface area (Å²) in [6.07, 6.45) is -9.23. The van der Waals surface area contributed by atoms with Crippen molar-refractivity contribution in [2.45, 2.75) is 55.8 Å². The molecule has 0 aromatic heterocycles. The Balaban J connectivity index is 2.02. The van der Waals surface area contributed by atoms with Gasteiger partial charge in [-0.15, -0.1) is 0 Å². The van der Waals surface area contributed by atoms with Crippen molar-refractivity contribution in [2.75, 3.05) is 13.2 Å². The first-order valence-electron chi connectivity index (χ1n) is 7.38. The van der Waals surface area contributed by atoms with Gasteiger partial charge in [-0.3, -0.25) is 4.55 Å². The summed E-state index contributed by atoms with van der Waals surface area (Å²) in [6.45, 7) is -0.985. The summed E-state index contributed by atoms with van der Waals surface area (Å²) in [5.74, 6) is -1.42. The van der Waals surface area contributed by atoms with E-state index in [0.29, 0.717) is 0 Å². The second kappa shape index (κ2) is 8.20. The lowest BCUT2D eigenvalue weighted by atomic mass is 9.99. The predicted octanol–water partition coefficient (Wildman–Crippen LogP) is -2.74. The molecule has 0 amide bonds. The van der Waals surface area contributed by atoms with Gasteiger partial charge in [0, 0.05) is 12.8 Å². The first-order valence-corrected chi connectivity index (χ1v) is 8.74. The lowest BCUT2D eigenvalue weighted by Crippen LogP contribution is -2.58. The standard InChI is InChI=1S/C12H20O12S/c13-5-1-6(3-22-25(18,19)20)23-8(2-5)24-10-9(15)7(14)4-21-11(10)12(16)17/h5-11,13-15H,1-4H2,(H,16,17)(H,18,19,20). The van der Waals surface area contributed by atoms with Crippen molar-refractivity contribution in [1.29, 1.82) is 0 Å². The van der Waals surface area contributed by atoms with Crippen molar-refractivity contribution >= 4 is 16.4 Å². The number of carboxylic acid groups (broad SMARTS) is 1. The molecule has 2 fully saturated rings. The van der Waals surface area contributed by atoms with Gasteiger partial charge in [-0.05, 0) is 0 Å². The Morgan fingerprint density at radius 3 is 2.48 bits per heavy atom. The van der Waals surface area contributed by atoms with E-state index in [1.807, 2.05) is 0 Å². The van der Waals surface area contributed by atoms with Gasteiger partial charge in [0.1, 0.15) is 18.3 Å². The Hall–Kier alpha value is -0.900. The molecule has 2 rings (SSSR count). The summed E-state index contributed by atoms with van der Waals surface area (Å²) < 4.78 is 49.6. The highest BCUT2D eigenvalue weighted by molar-refractivity contribution is 7.80. The molecule has 5 N–H and O–H groups in total. The van der Waals surface area contributed by atoms with E-state index in [-0.39, 0.29) is 12.8 Å². The van der Waals surface area contributed by atoms with E-state index in [9.17, 15) is 28.5 Å². The van der Waals surface area contributed by atoms with Crippen LogP contribution in [0.1, 0.15) is 12.8 Å². The highest BCUT2D eigenvalue weighted by atomic mass is 32.3. The largest absolute Gasteiger partial charge is 0.479 e. The molecule has 0 aromatic rings. The minimum Gasteiger partial charge on any atom is -0.479 e. The van der Waals surface area contributed by atoms with Gasteiger partial charge in [0.2, 0.25) is 0 Å². The van der Waals surface area contributed by atoms with Crippen LogP contribution in [0.2, 0.25) is 0 Å². The van der Waals surface area contributed by atoms with Crippen LogP contribution in [-0.4, -0.2) is 95.5 Å². The van der Waals surface area contributed by atoms with Crippen LogP contribution >= 0.6 is 0 Å². The molecule has 2 aliphatic heterocycles. The fraction of sp³-hybridized carbons (Fsp3) is 0.917. The zero-order valence-electron chi connectivity index (χ0n) is 12.9. The van der Waals surface area contributed by atoms with Crippen LogP contribution in [0.15, 0.2) is 0 Å². The number of carbonyl (C=O) groups is 1. The highest BCUT2D eigenvalue weighted by Crippen LogP contribution is 2.27. The maximum atomic E-state index is 11.2. The van der Waals surface area contributed by atoms with Crippen LogP contribution in [0.3, 0.4) is 0 Å². The summed E-state index contributed by atoms with van der Waals surface area (Å²) in [5, 5.41) is 38.5. The van der Waals surface area contributed by atoms with Crippen molar-refractivity contribution in [3.63, 3.8) is 0 Å². The van der Waals surface area contributed by atoms with Gasteiger partial charge >= 0.3 is 16.4 Å². The normalized spacial score (nSPS) is 39.9. The molecule has 0 bridgehead atoms. The van der Waals surface area contributed by atoms with E-state index < -0.39 is 72.5 Å². The zero-order chi connectivity index (χ0) is 18.8. The van der Waals surface area contributed by atoms with Gasteiger partial charge in [0.25, 0.3) is 0 Å². The monoisotopic (exact) mass is 388 g/mol. The molecule has 2 aliphatic rings. The molecular formula is C12H20O12S. The molecule has 7 unspecified atom stereocenters. The molecule has 0 spiro atoms. The van der Waals surface area contributed by atoms with Crippen LogP contribution in [-0.2, 0) is 33.6 Å². The van der Waals surface area contributed by atoms with Gasteiger partial charge in [0.15, 0.2) is 12.4 Å². The van der Waals surface area contributed by atoms with Gasteiger partial charge in [0.05, 0.1) is 25.4 Å². The van der Waals surface area contributed by atoms with E-state index in [4.69, 9.17) is 23.9 Å². The molecule has 0 saturated carbocycles. The zero-order valence-corrected chi connectivity index (χ0v) is 13.7. The van der Waals surface area contributed by atoms with Crippen molar-refractivity contribution in [3.8, 4) is 0 Å². The smallest absolute Gasteiger partial charge is 0.397 e. The maximum Gasteiger partial charge on any atom is 0.397 e. The highest BCUT2D eigenvalue weighted by Gasteiger charge is 2.45. The predicted molar refractivity (Wildman–Crippen MR) is 75.7 cm³/mol. The van der Waals surface area contributed by atoms with Gasteiger partial charge < -0.3 is 34.6 Å². The molecule has 12 nitrogen and oxygen atoms in total. The third-order valence-electron chi connectivity index (χ3n) is 3.77. The van der Waals surface area contributed by atoms with Gasteiger partial charge in [-0.1, -0.05) is 0 Å². The quantitative estimate of drug-likeness (QED) is 0.296. The lowest BCUT2D eigenvalue weighted by molar-refractivity contribution is -0.286. The average molecular weight is 388 g/mol. The van der Waals surface area contributed by atoms with Crippen LogP contribution in [0.4, 0.5) is 0 Å². The number of aliphatic hydroxyl groups excluding tert-OH is 3. The molecule has 0 radical (unpaired) electrons. The number of aliphatic hydroxyl groups is 3. The van der Waals surface area contributed by atoms with Crippen molar-refractivity contribution in [1.82, 2.24) is 0 Å². The van der Waals surface area contributed by atoms with Gasteiger partial charge in [-0.2, -0.15) is 8.42 Å². The van der Waals surface area contributed by atoms with E-state index in [2.05, 4.69) is 4.18 Å². The van der Waals surface area contributed by atoms with Crippen LogP contribution in [0.25, 0.3) is 0 Å². The minimum atomic E-state index is -4.69. The molecule has 146 valence electrons.